The lowest BCUT2D eigenvalue weighted by atomic mass is 10.1. The van der Waals surface area contributed by atoms with Gasteiger partial charge in [0.2, 0.25) is 10.0 Å². The number of nitrogens with zero attached hydrogens (tertiary/aromatic N) is 1. The Bertz CT molecular complexity index is 891. The molecule has 0 spiro atoms. The molecule has 1 N–H and O–H groups in total. The van der Waals surface area contributed by atoms with Gasteiger partial charge in [-0.3, -0.25) is 10.1 Å². The summed E-state index contributed by atoms with van der Waals surface area (Å²) in [5.41, 5.74) is 0.181. The maximum absolute atomic E-state index is 12.2. The van der Waals surface area contributed by atoms with Crippen LogP contribution in [0.3, 0.4) is 0 Å². The molecule has 0 saturated heterocycles. The highest BCUT2D eigenvalue weighted by Crippen LogP contribution is 2.27. The minimum Gasteiger partial charge on any atom is -0.435 e. The van der Waals surface area contributed by atoms with Crippen LogP contribution in [-0.4, -0.2) is 26.5 Å². The fraction of sp³-hybridized carbons (Fsp3) is 0.200. The molecule has 0 aliphatic heterocycles. The number of sulfonamides is 1. The van der Waals surface area contributed by atoms with Crippen molar-refractivity contribution in [2.24, 2.45) is 0 Å². The predicted octanol–water partition coefficient (Wildman–Crippen LogP) is 3.37. The Labute approximate surface area is 152 Å². The molecule has 0 fully saturated rings. The number of hydrogen-bond donors (Lipinski definition) is 1. The zero-order chi connectivity index (χ0) is 19.3. The summed E-state index contributed by atoms with van der Waals surface area (Å²) in [6, 6.07) is 8.92. The van der Waals surface area contributed by atoms with Gasteiger partial charge >= 0.3 is 6.61 Å². The average Bonchev–Trinajstić information content (AvgIpc) is 2.55. The molecular weight excluding hydrogens is 394 g/mol. The summed E-state index contributed by atoms with van der Waals surface area (Å²) in [4.78, 5) is 9.79. The summed E-state index contributed by atoms with van der Waals surface area (Å²) in [5.74, 6) is -0.00203. The van der Waals surface area contributed by atoms with E-state index in [0.29, 0.717) is 5.56 Å². The Morgan fingerprint density at radius 1 is 1.19 bits per heavy atom. The molecule has 0 heterocycles. The molecule has 0 aliphatic carbocycles. The first-order valence-electron chi connectivity index (χ1n) is 7.16. The van der Waals surface area contributed by atoms with Crippen molar-refractivity contribution in [3.8, 4) is 5.75 Å². The van der Waals surface area contributed by atoms with Crippen LogP contribution >= 0.6 is 11.6 Å². The fourth-order valence-electron chi connectivity index (χ4n) is 2.05. The normalized spacial score (nSPS) is 11.5. The maximum Gasteiger partial charge on any atom is 0.387 e. The van der Waals surface area contributed by atoms with Crippen molar-refractivity contribution >= 4 is 27.3 Å². The van der Waals surface area contributed by atoms with E-state index in [1.54, 1.807) is 0 Å². The van der Waals surface area contributed by atoms with Gasteiger partial charge in [0.15, 0.2) is 0 Å². The number of benzene rings is 2. The van der Waals surface area contributed by atoms with Gasteiger partial charge in [-0.1, -0.05) is 23.7 Å². The van der Waals surface area contributed by atoms with Crippen LogP contribution in [0.25, 0.3) is 0 Å². The Hall–Kier alpha value is -2.30. The Kier molecular flexibility index (Phi) is 6.46. The van der Waals surface area contributed by atoms with E-state index in [2.05, 4.69) is 9.46 Å². The van der Waals surface area contributed by atoms with Gasteiger partial charge in [-0.2, -0.15) is 8.78 Å². The molecule has 2 aromatic rings. The van der Waals surface area contributed by atoms with Gasteiger partial charge < -0.3 is 4.74 Å². The van der Waals surface area contributed by atoms with Gasteiger partial charge in [0.05, 0.1) is 9.82 Å². The third-order valence-electron chi connectivity index (χ3n) is 3.28. The van der Waals surface area contributed by atoms with Crippen molar-refractivity contribution < 1.29 is 26.9 Å². The molecule has 0 saturated carbocycles. The molecule has 11 heteroatoms. The van der Waals surface area contributed by atoms with Crippen LogP contribution in [-0.2, 0) is 16.4 Å². The number of alkyl halides is 2. The molecule has 0 aromatic heterocycles. The van der Waals surface area contributed by atoms with Crippen LogP contribution in [0.4, 0.5) is 14.5 Å². The highest BCUT2D eigenvalue weighted by molar-refractivity contribution is 7.89. The van der Waals surface area contributed by atoms with E-state index in [0.717, 1.165) is 18.2 Å². The van der Waals surface area contributed by atoms with Crippen LogP contribution in [0.15, 0.2) is 47.4 Å². The molecule has 0 radical (unpaired) electrons. The van der Waals surface area contributed by atoms with E-state index < -0.39 is 27.2 Å². The molecule has 7 nitrogen and oxygen atoms in total. The molecule has 2 aromatic carbocycles. The molecule has 0 amide bonds. The van der Waals surface area contributed by atoms with Gasteiger partial charge in [-0.25, -0.2) is 13.1 Å². The van der Waals surface area contributed by atoms with E-state index in [1.165, 1.54) is 24.3 Å². The van der Waals surface area contributed by atoms with Gasteiger partial charge in [-0.15, -0.1) is 0 Å². The van der Waals surface area contributed by atoms with Crippen LogP contribution in [0, 0.1) is 10.1 Å². The van der Waals surface area contributed by atoms with Crippen molar-refractivity contribution in [1.29, 1.82) is 0 Å². The Morgan fingerprint density at radius 3 is 2.42 bits per heavy atom. The molecule has 0 unspecified atom stereocenters. The molecule has 2 rings (SSSR count). The first-order chi connectivity index (χ1) is 12.2. The second-order valence-corrected chi connectivity index (χ2v) is 7.21. The second kappa shape index (κ2) is 8.39. The van der Waals surface area contributed by atoms with E-state index in [-0.39, 0.29) is 28.6 Å². The fourth-order valence-corrected chi connectivity index (χ4v) is 3.29. The summed E-state index contributed by atoms with van der Waals surface area (Å²) in [7, 11) is -3.96. The second-order valence-electron chi connectivity index (χ2n) is 5.04. The van der Waals surface area contributed by atoms with Crippen LogP contribution in [0.1, 0.15) is 5.56 Å². The van der Waals surface area contributed by atoms with Gasteiger partial charge in [0.25, 0.3) is 5.69 Å². The summed E-state index contributed by atoms with van der Waals surface area (Å²) >= 11 is 5.66. The number of ether oxygens (including phenoxy) is 1. The largest absolute Gasteiger partial charge is 0.435 e. The minimum absolute atomic E-state index is 0.00203. The average molecular weight is 407 g/mol. The molecule has 140 valence electrons. The van der Waals surface area contributed by atoms with Crippen LogP contribution < -0.4 is 9.46 Å². The monoisotopic (exact) mass is 406 g/mol. The molecule has 0 bridgehead atoms. The van der Waals surface area contributed by atoms with E-state index >= 15 is 0 Å². The molecule has 0 atom stereocenters. The number of nitro groups is 1. The minimum atomic E-state index is -3.96. The van der Waals surface area contributed by atoms with E-state index in [1.807, 2.05) is 0 Å². The SMILES string of the molecule is O=[N+]([O-])c1cc(S(=O)(=O)NCCc2ccc(OC(F)F)cc2)ccc1Cl. The smallest absolute Gasteiger partial charge is 0.387 e. The highest BCUT2D eigenvalue weighted by Gasteiger charge is 2.20. The van der Waals surface area contributed by atoms with E-state index in [9.17, 15) is 27.3 Å². The highest BCUT2D eigenvalue weighted by atomic mass is 35.5. The number of halogens is 3. The first kappa shape index (κ1) is 20.0. The predicted molar refractivity (Wildman–Crippen MR) is 90.1 cm³/mol. The lowest BCUT2D eigenvalue weighted by molar-refractivity contribution is -0.384. The lowest BCUT2D eigenvalue weighted by Crippen LogP contribution is -2.26. The number of rotatable bonds is 8. The first-order valence-corrected chi connectivity index (χ1v) is 9.02. The third kappa shape index (κ3) is 5.35. The van der Waals surface area contributed by atoms with Gasteiger partial charge in [-0.05, 0) is 36.2 Å². The van der Waals surface area contributed by atoms with E-state index in [4.69, 9.17) is 11.6 Å². The Morgan fingerprint density at radius 2 is 1.85 bits per heavy atom. The number of nitrogens with one attached hydrogen (secondary N) is 1. The summed E-state index contributed by atoms with van der Waals surface area (Å²) in [6.07, 6.45) is 0.282. The van der Waals surface area contributed by atoms with Gasteiger partial charge in [0.1, 0.15) is 10.8 Å². The zero-order valence-electron chi connectivity index (χ0n) is 13.1. The molecule has 26 heavy (non-hydrogen) atoms. The third-order valence-corrected chi connectivity index (χ3v) is 5.06. The van der Waals surface area contributed by atoms with Crippen molar-refractivity contribution in [2.75, 3.05) is 6.54 Å². The summed E-state index contributed by atoms with van der Waals surface area (Å²) in [6.45, 7) is -2.91. The molecular formula is C15H13ClF2N2O5S. The lowest BCUT2D eigenvalue weighted by Gasteiger charge is -2.08. The molecule has 0 aliphatic rings. The van der Waals surface area contributed by atoms with Crippen molar-refractivity contribution in [3.63, 3.8) is 0 Å². The van der Waals surface area contributed by atoms with Gasteiger partial charge in [0, 0.05) is 12.6 Å². The van der Waals surface area contributed by atoms with Crippen molar-refractivity contribution in [1.82, 2.24) is 4.72 Å². The van der Waals surface area contributed by atoms with Crippen LogP contribution in [0.2, 0.25) is 5.02 Å². The Balaban J connectivity index is 2.00. The topological polar surface area (TPSA) is 98.5 Å². The summed E-state index contributed by atoms with van der Waals surface area (Å²) < 4.78 is 55.1. The number of hydrogen-bond acceptors (Lipinski definition) is 5. The zero-order valence-corrected chi connectivity index (χ0v) is 14.6. The standard InChI is InChI=1S/C15H13ClF2N2O5S/c16-13-6-5-12(9-14(13)20(21)22)26(23,24)19-8-7-10-1-3-11(4-2-10)25-15(17)18/h1-6,9,15,19H,7-8H2. The van der Waals surface area contributed by atoms with Crippen LogP contribution in [0.5, 0.6) is 5.75 Å². The number of nitro benzene ring substituents is 1. The summed E-state index contributed by atoms with van der Waals surface area (Å²) in [5, 5.41) is 10.7. The van der Waals surface area contributed by atoms with Crippen molar-refractivity contribution in [3.05, 3.63) is 63.2 Å². The van der Waals surface area contributed by atoms with Crippen molar-refractivity contribution in [2.45, 2.75) is 17.9 Å². The maximum atomic E-state index is 12.2. The quantitative estimate of drug-likeness (QED) is 0.535.